The number of carbonyl (C=O) groups is 1. The molecule has 0 N–H and O–H groups in total. The summed E-state index contributed by atoms with van der Waals surface area (Å²) in [5, 5.41) is 0. The van der Waals surface area contributed by atoms with Gasteiger partial charge in [0, 0.05) is 13.1 Å². The molecule has 1 aromatic rings. The first-order valence-corrected chi connectivity index (χ1v) is 8.74. The summed E-state index contributed by atoms with van der Waals surface area (Å²) in [6.45, 7) is 8.40. The van der Waals surface area contributed by atoms with Crippen LogP contribution in [0.5, 0.6) is 0 Å². The lowest BCUT2D eigenvalue weighted by Crippen LogP contribution is -2.32. The maximum absolute atomic E-state index is 11.7. The molecule has 4 nitrogen and oxygen atoms in total. The fraction of sp³-hybridized carbons (Fsp3) is 0.632. The fourth-order valence-corrected chi connectivity index (χ4v) is 2.42. The van der Waals surface area contributed by atoms with Crippen LogP contribution in [0.4, 0.5) is 9.18 Å². The van der Waals surface area contributed by atoms with Gasteiger partial charge in [0.05, 0.1) is 26.5 Å². The van der Waals surface area contributed by atoms with Crippen molar-refractivity contribution in [3.8, 4) is 0 Å². The van der Waals surface area contributed by atoms with Crippen LogP contribution in [0.15, 0.2) is 30.3 Å². The summed E-state index contributed by atoms with van der Waals surface area (Å²) in [6.07, 6.45) is 2.89. The number of hydrogen-bond donors (Lipinski definition) is 0. The number of nitrogens with zero attached hydrogens (tertiary/aromatic N) is 1. The molecular weight excluding hydrogens is 309 g/mol. The summed E-state index contributed by atoms with van der Waals surface area (Å²) < 4.78 is 20.5. The zero-order valence-electron chi connectivity index (χ0n) is 15.5. The van der Waals surface area contributed by atoms with Crippen LogP contribution in [0.1, 0.15) is 45.6 Å². The summed E-state index contributed by atoms with van der Waals surface area (Å²) in [7, 11) is 0.500. The molecule has 5 heteroatoms. The summed E-state index contributed by atoms with van der Waals surface area (Å²) >= 11 is 0. The Hall–Kier alpha value is -1.62. The van der Waals surface area contributed by atoms with Crippen LogP contribution in [0, 0.1) is 0 Å². The minimum Gasteiger partial charge on any atom is -0.450 e. The van der Waals surface area contributed by atoms with Crippen LogP contribution in [0.3, 0.4) is 0 Å². The summed E-state index contributed by atoms with van der Waals surface area (Å²) in [5.41, 5.74) is 1.19. The lowest BCUT2D eigenvalue weighted by molar-refractivity contribution is 0.0309. The summed E-state index contributed by atoms with van der Waals surface area (Å²) in [6, 6.07) is 10.2. The van der Waals surface area contributed by atoms with E-state index in [9.17, 15) is 9.18 Å². The second kappa shape index (κ2) is 14.9. The number of carbonyl (C=O) groups excluding carboxylic acids is 1. The molecule has 0 bridgehead atoms. The van der Waals surface area contributed by atoms with Crippen molar-refractivity contribution in [3.05, 3.63) is 35.9 Å². The molecule has 1 aromatic carbocycles. The van der Waals surface area contributed by atoms with Crippen LogP contribution in [-0.4, -0.2) is 44.0 Å². The van der Waals surface area contributed by atoms with Gasteiger partial charge in [0.25, 0.3) is 0 Å². The summed E-state index contributed by atoms with van der Waals surface area (Å²) in [5.74, 6) is 0. The van der Waals surface area contributed by atoms with Crippen molar-refractivity contribution in [2.75, 3.05) is 26.9 Å². The first-order chi connectivity index (χ1) is 11.8. The third-order valence-electron chi connectivity index (χ3n) is 3.53. The Morgan fingerprint density at radius 2 is 1.83 bits per heavy atom. The van der Waals surface area contributed by atoms with Gasteiger partial charge < -0.3 is 14.4 Å². The average Bonchev–Trinajstić information content (AvgIpc) is 2.90. The molecule has 0 aliphatic carbocycles. The van der Waals surface area contributed by atoms with Crippen molar-refractivity contribution in [2.45, 2.75) is 52.7 Å². The molecule has 0 spiro atoms. The highest BCUT2D eigenvalue weighted by molar-refractivity contribution is 5.67. The van der Waals surface area contributed by atoms with E-state index in [0.29, 0.717) is 20.4 Å². The topological polar surface area (TPSA) is 38.8 Å². The predicted octanol–water partition coefficient (Wildman–Crippen LogP) is 4.83. The quantitative estimate of drug-likeness (QED) is 0.787. The SMILES string of the molecule is CC.CCOC(=O)N1CCCC(OCc2ccccc2)CC1.CF. The molecule has 1 fully saturated rings. The van der Waals surface area contributed by atoms with Crippen molar-refractivity contribution >= 4 is 6.09 Å². The van der Waals surface area contributed by atoms with E-state index < -0.39 is 0 Å². The molecule has 1 heterocycles. The Morgan fingerprint density at radius 3 is 2.46 bits per heavy atom. The van der Waals surface area contributed by atoms with E-state index >= 15 is 0 Å². The van der Waals surface area contributed by atoms with E-state index in [1.165, 1.54) is 5.56 Å². The van der Waals surface area contributed by atoms with E-state index in [1.54, 1.807) is 4.90 Å². The number of halogens is 1. The smallest absolute Gasteiger partial charge is 0.409 e. The van der Waals surface area contributed by atoms with Gasteiger partial charge >= 0.3 is 6.09 Å². The molecule has 1 saturated heterocycles. The van der Waals surface area contributed by atoms with Gasteiger partial charge in [-0.15, -0.1) is 0 Å². The van der Waals surface area contributed by atoms with Crippen molar-refractivity contribution in [1.29, 1.82) is 0 Å². The van der Waals surface area contributed by atoms with Crippen LogP contribution in [0.25, 0.3) is 0 Å². The molecule has 1 unspecified atom stereocenters. The summed E-state index contributed by atoms with van der Waals surface area (Å²) in [4.78, 5) is 13.5. The van der Waals surface area contributed by atoms with E-state index in [2.05, 4.69) is 12.1 Å². The Labute approximate surface area is 145 Å². The maximum atomic E-state index is 11.7. The van der Waals surface area contributed by atoms with E-state index in [1.807, 2.05) is 39.0 Å². The highest BCUT2D eigenvalue weighted by Crippen LogP contribution is 2.16. The minimum atomic E-state index is -0.198. The highest BCUT2D eigenvalue weighted by Gasteiger charge is 2.21. The lowest BCUT2D eigenvalue weighted by atomic mass is 10.1. The third kappa shape index (κ3) is 8.87. The first kappa shape index (κ1) is 22.4. The molecule has 1 atom stereocenters. The number of amides is 1. The number of ether oxygens (including phenoxy) is 2. The van der Waals surface area contributed by atoms with Gasteiger partial charge in [-0.1, -0.05) is 44.2 Å². The van der Waals surface area contributed by atoms with Gasteiger partial charge in [0.15, 0.2) is 0 Å². The van der Waals surface area contributed by atoms with Crippen molar-refractivity contribution in [2.24, 2.45) is 0 Å². The first-order valence-electron chi connectivity index (χ1n) is 8.74. The van der Waals surface area contributed by atoms with Gasteiger partial charge in [-0.25, -0.2) is 4.79 Å². The lowest BCUT2D eigenvalue weighted by Gasteiger charge is -2.19. The Bertz CT molecular complexity index is 414. The van der Waals surface area contributed by atoms with Gasteiger partial charge in [-0.05, 0) is 31.7 Å². The van der Waals surface area contributed by atoms with Crippen LogP contribution in [0.2, 0.25) is 0 Å². The molecule has 2 rings (SSSR count). The van der Waals surface area contributed by atoms with Gasteiger partial charge in [0.1, 0.15) is 0 Å². The molecule has 1 amide bonds. The van der Waals surface area contributed by atoms with Crippen molar-refractivity contribution in [1.82, 2.24) is 4.90 Å². The Kier molecular flexibility index (Phi) is 13.9. The number of likely N-dealkylation sites (tertiary alicyclic amines) is 1. The van der Waals surface area contributed by atoms with Crippen molar-refractivity contribution in [3.63, 3.8) is 0 Å². The molecular formula is C19H32FNO3. The largest absolute Gasteiger partial charge is 0.450 e. The predicted molar refractivity (Wildman–Crippen MR) is 95.8 cm³/mol. The molecule has 0 aromatic heterocycles. The van der Waals surface area contributed by atoms with Crippen LogP contribution >= 0.6 is 0 Å². The standard InChI is InChI=1S/C16H23NO3.C2H6.CH3F/c1-2-19-16(18)17-11-6-9-15(10-12-17)20-13-14-7-4-3-5-8-14;2*1-2/h3-5,7-8,15H,2,6,9-13H2,1H3;1-2H3;1H3. The maximum Gasteiger partial charge on any atom is 0.409 e. The second-order valence-electron chi connectivity index (χ2n) is 5.04. The zero-order chi connectivity index (χ0) is 18.2. The van der Waals surface area contributed by atoms with Gasteiger partial charge in [0.2, 0.25) is 0 Å². The van der Waals surface area contributed by atoms with Gasteiger partial charge in [-0.3, -0.25) is 4.39 Å². The van der Waals surface area contributed by atoms with Crippen LogP contribution in [-0.2, 0) is 16.1 Å². The van der Waals surface area contributed by atoms with E-state index in [4.69, 9.17) is 9.47 Å². The molecule has 0 saturated carbocycles. The third-order valence-corrected chi connectivity index (χ3v) is 3.53. The molecule has 1 aliphatic rings. The molecule has 138 valence electrons. The molecule has 24 heavy (non-hydrogen) atoms. The zero-order valence-corrected chi connectivity index (χ0v) is 15.5. The van der Waals surface area contributed by atoms with Crippen LogP contribution < -0.4 is 0 Å². The van der Waals surface area contributed by atoms with Gasteiger partial charge in [-0.2, -0.15) is 0 Å². The second-order valence-corrected chi connectivity index (χ2v) is 5.04. The highest BCUT2D eigenvalue weighted by atomic mass is 19.1. The van der Waals surface area contributed by atoms with E-state index in [-0.39, 0.29) is 12.2 Å². The Balaban J connectivity index is 0.00000123. The monoisotopic (exact) mass is 341 g/mol. The normalized spacial score (nSPS) is 16.7. The molecule has 1 aliphatic heterocycles. The average molecular weight is 341 g/mol. The number of hydrogen-bond acceptors (Lipinski definition) is 3. The fourth-order valence-electron chi connectivity index (χ4n) is 2.42. The Morgan fingerprint density at radius 1 is 1.17 bits per heavy atom. The minimum absolute atomic E-state index is 0.198. The number of benzene rings is 1. The number of alkyl halides is 1. The number of rotatable bonds is 4. The van der Waals surface area contributed by atoms with E-state index in [0.717, 1.165) is 32.4 Å². The molecule has 0 radical (unpaired) electrons. The van der Waals surface area contributed by atoms with Crippen molar-refractivity contribution < 1.29 is 18.7 Å².